The molecule has 0 amide bonds. The first-order chi connectivity index (χ1) is 13.2. The van der Waals surface area contributed by atoms with Crippen molar-refractivity contribution in [3.05, 3.63) is 60.9 Å². The first-order valence-electron chi connectivity index (χ1n) is 7.86. The van der Waals surface area contributed by atoms with Gasteiger partial charge >= 0.3 is 5.51 Å². The molecule has 1 heterocycles. The molecule has 0 aliphatic heterocycles. The predicted octanol–water partition coefficient (Wildman–Crippen LogP) is 4.19. The number of hydrogen-bond donors (Lipinski definition) is 1. The van der Waals surface area contributed by atoms with Crippen LogP contribution < -0.4 is 10.1 Å². The van der Waals surface area contributed by atoms with Gasteiger partial charge in [-0.2, -0.15) is 13.2 Å². The monoisotopic (exact) mass is 409 g/mol. The van der Waals surface area contributed by atoms with Crippen molar-refractivity contribution < 1.29 is 26.3 Å². The van der Waals surface area contributed by atoms with Gasteiger partial charge in [-0.25, -0.2) is 18.4 Å². The van der Waals surface area contributed by atoms with Crippen LogP contribution >= 0.6 is 0 Å². The van der Waals surface area contributed by atoms with E-state index in [1.807, 2.05) is 18.2 Å². The number of aromatic nitrogens is 2. The third-order valence-electron chi connectivity index (χ3n) is 3.79. The molecule has 146 valence electrons. The van der Waals surface area contributed by atoms with Crippen molar-refractivity contribution in [2.75, 3.05) is 12.4 Å². The summed E-state index contributed by atoms with van der Waals surface area (Å²) in [6.07, 6.45) is 1.33. The summed E-state index contributed by atoms with van der Waals surface area (Å²) in [4.78, 5) is 7.43. The maximum absolute atomic E-state index is 12.6. The molecule has 0 saturated heterocycles. The van der Waals surface area contributed by atoms with Crippen molar-refractivity contribution in [3.63, 3.8) is 0 Å². The Hall–Kier alpha value is -3.14. The average Bonchev–Trinajstić information content (AvgIpc) is 2.68. The summed E-state index contributed by atoms with van der Waals surface area (Å²) in [6, 6.07) is 13.1. The molecule has 0 atom stereocenters. The van der Waals surface area contributed by atoms with Crippen molar-refractivity contribution in [2.24, 2.45) is 0 Å². The summed E-state index contributed by atoms with van der Waals surface area (Å²) >= 11 is 0. The molecule has 0 spiro atoms. The van der Waals surface area contributed by atoms with E-state index in [0.29, 0.717) is 22.9 Å². The molecule has 0 aliphatic carbocycles. The number of anilines is 2. The predicted molar refractivity (Wildman–Crippen MR) is 97.0 cm³/mol. The first kappa shape index (κ1) is 19.6. The van der Waals surface area contributed by atoms with Crippen LogP contribution in [0.4, 0.5) is 24.7 Å². The fourth-order valence-corrected chi connectivity index (χ4v) is 3.19. The lowest BCUT2D eigenvalue weighted by atomic mass is 10.1. The minimum atomic E-state index is -5.38. The Kier molecular flexibility index (Phi) is 5.23. The van der Waals surface area contributed by atoms with E-state index in [0.717, 1.165) is 17.7 Å². The van der Waals surface area contributed by atoms with Crippen LogP contribution in [-0.4, -0.2) is 31.0 Å². The lowest BCUT2D eigenvalue weighted by Crippen LogP contribution is -2.23. The second kappa shape index (κ2) is 7.47. The highest BCUT2D eigenvalue weighted by molar-refractivity contribution is 7.92. The van der Waals surface area contributed by atoms with E-state index in [1.54, 1.807) is 12.1 Å². The maximum Gasteiger partial charge on any atom is 0.501 e. The zero-order valence-electron chi connectivity index (χ0n) is 14.4. The number of rotatable bonds is 5. The SMILES string of the molecule is COc1ccccc1-c1cc(Nc2ccc(S(=O)(=O)C(F)(F)F)cc2)ncn1. The molecule has 0 bridgehead atoms. The fourth-order valence-electron chi connectivity index (χ4n) is 2.43. The zero-order valence-corrected chi connectivity index (χ0v) is 15.3. The van der Waals surface area contributed by atoms with Gasteiger partial charge in [0.05, 0.1) is 17.7 Å². The number of benzene rings is 2. The Labute approximate surface area is 159 Å². The van der Waals surface area contributed by atoms with Crippen LogP contribution in [0.1, 0.15) is 0 Å². The molecular weight excluding hydrogens is 395 g/mol. The van der Waals surface area contributed by atoms with Gasteiger partial charge in [0.1, 0.15) is 17.9 Å². The second-order valence-electron chi connectivity index (χ2n) is 5.59. The van der Waals surface area contributed by atoms with Gasteiger partial charge in [0, 0.05) is 17.3 Å². The number of ether oxygens (including phenoxy) is 1. The van der Waals surface area contributed by atoms with Crippen LogP contribution in [0.25, 0.3) is 11.3 Å². The third-order valence-corrected chi connectivity index (χ3v) is 5.29. The van der Waals surface area contributed by atoms with Crippen LogP contribution in [-0.2, 0) is 9.84 Å². The van der Waals surface area contributed by atoms with Gasteiger partial charge in [0.2, 0.25) is 0 Å². The number of nitrogens with one attached hydrogen (secondary N) is 1. The highest BCUT2D eigenvalue weighted by Gasteiger charge is 2.46. The second-order valence-corrected chi connectivity index (χ2v) is 7.53. The number of halogens is 3. The van der Waals surface area contributed by atoms with Gasteiger partial charge in [-0.1, -0.05) is 12.1 Å². The fraction of sp³-hybridized carbons (Fsp3) is 0.111. The molecule has 2 aromatic carbocycles. The van der Waals surface area contributed by atoms with E-state index in [4.69, 9.17) is 4.74 Å². The van der Waals surface area contributed by atoms with Crippen LogP contribution in [0.5, 0.6) is 5.75 Å². The van der Waals surface area contributed by atoms with E-state index in [9.17, 15) is 21.6 Å². The summed E-state index contributed by atoms with van der Waals surface area (Å²) < 4.78 is 65.9. The van der Waals surface area contributed by atoms with Gasteiger partial charge in [-0.05, 0) is 36.4 Å². The highest BCUT2D eigenvalue weighted by Crippen LogP contribution is 2.32. The smallest absolute Gasteiger partial charge is 0.496 e. The lowest BCUT2D eigenvalue weighted by Gasteiger charge is -2.11. The number of sulfone groups is 1. The molecule has 10 heteroatoms. The summed E-state index contributed by atoms with van der Waals surface area (Å²) in [5.74, 6) is 0.996. The first-order valence-corrected chi connectivity index (χ1v) is 9.34. The maximum atomic E-state index is 12.6. The number of para-hydroxylation sites is 1. The Morgan fingerprint density at radius 1 is 1.00 bits per heavy atom. The van der Waals surface area contributed by atoms with Gasteiger partial charge in [0.25, 0.3) is 9.84 Å². The van der Waals surface area contributed by atoms with Crippen molar-refractivity contribution >= 4 is 21.3 Å². The molecule has 0 unspecified atom stereocenters. The van der Waals surface area contributed by atoms with Crippen LogP contribution in [0.15, 0.2) is 65.8 Å². The van der Waals surface area contributed by atoms with E-state index in [1.165, 1.54) is 25.6 Å². The van der Waals surface area contributed by atoms with Crippen LogP contribution in [0.2, 0.25) is 0 Å². The minimum Gasteiger partial charge on any atom is -0.496 e. The Bertz CT molecular complexity index is 1080. The van der Waals surface area contributed by atoms with E-state index in [-0.39, 0.29) is 0 Å². The highest BCUT2D eigenvalue weighted by atomic mass is 32.2. The standard InChI is InChI=1S/C18H14F3N3O3S/c1-27-16-5-3-2-4-14(16)15-10-17(23-11-22-15)24-12-6-8-13(9-7-12)28(25,26)18(19,20)21/h2-11H,1H3,(H,22,23,24). The van der Waals surface area contributed by atoms with Gasteiger partial charge < -0.3 is 10.1 Å². The molecule has 0 aliphatic rings. The Balaban J connectivity index is 1.85. The van der Waals surface area contributed by atoms with Crippen LogP contribution in [0, 0.1) is 0 Å². The molecule has 6 nitrogen and oxygen atoms in total. The normalized spacial score (nSPS) is 11.9. The van der Waals surface area contributed by atoms with Gasteiger partial charge in [-0.15, -0.1) is 0 Å². The Morgan fingerprint density at radius 2 is 1.68 bits per heavy atom. The molecule has 1 N–H and O–H groups in total. The summed E-state index contributed by atoms with van der Waals surface area (Å²) in [5.41, 5.74) is -3.67. The minimum absolute atomic E-state index is 0.366. The molecule has 0 fully saturated rings. The van der Waals surface area contributed by atoms with Crippen LogP contribution in [0.3, 0.4) is 0 Å². The van der Waals surface area contributed by atoms with E-state index >= 15 is 0 Å². The molecule has 0 radical (unpaired) electrons. The van der Waals surface area contributed by atoms with Crippen molar-refractivity contribution in [3.8, 4) is 17.0 Å². The quantitative estimate of drug-likeness (QED) is 0.681. The van der Waals surface area contributed by atoms with Crippen molar-refractivity contribution in [1.29, 1.82) is 0 Å². The molecule has 3 rings (SSSR count). The summed E-state index contributed by atoms with van der Waals surface area (Å²) in [5, 5.41) is 2.90. The molecule has 1 aromatic heterocycles. The van der Waals surface area contributed by atoms with E-state index < -0.39 is 20.2 Å². The van der Waals surface area contributed by atoms with Gasteiger partial charge in [0.15, 0.2) is 0 Å². The third kappa shape index (κ3) is 3.91. The molecule has 0 saturated carbocycles. The summed E-state index contributed by atoms with van der Waals surface area (Å²) in [7, 11) is -3.85. The van der Waals surface area contributed by atoms with E-state index in [2.05, 4.69) is 15.3 Å². The summed E-state index contributed by atoms with van der Waals surface area (Å²) in [6.45, 7) is 0. The lowest BCUT2D eigenvalue weighted by molar-refractivity contribution is -0.0436. The number of alkyl halides is 3. The average molecular weight is 409 g/mol. The van der Waals surface area contributed by atoms with Crippen molar-refractivity contribution in [1.82, 2.24) is 9.97 Å². The Morgan fingerprint density at radius 3 is 2.32 bits per heavy atom. The zero-order chi connectivity index (χ0) is 20.4. The van der Waals surface area contributed by atoms with Crippen molar-refractivity contribution in [2.45, 2.75) is 10.4 Å². The topological polar surface area (TPSA) is 81.2 Å². The molecule has 3 aromatic rings. The number of hydrogen-bond acceptors (Lipinski definition) is 6. The van der Waals surface area contributed by atoms with Gasteiger partial charge in [-0.3, -0.25) is 0 Å². The number of methoxy groups -OCH3 is 1. The molecule has 28 heavy (non-hydrogen) atoms. The molecular formula is C18H14F3N3O3S. The largest absolute Gasteiger partial charge is 0.501 e. The number of nitrogens with zero attached hydrogens (tertiary/aromatic N) is 2.